The van der Waals surface area contributed by atoms with Crippen LogP contribution in [0, 0.1) is 0 Å². The first-order valence-corrected chi connectivity index (χ1v) is 7.20. The van der Waals surface area contributed by atoms with Gasteiger partial charge in [0.15, 0.2) is 0 Å². The van der Waals surface area contributed by atoms with Crippen LogP contribution in [0.3, 0.4) is 0 Å². The highest BCUT2D eigenvalue weighted by atomic mass is 16.5. The van der Waals surface area contributed by atoms with Crippen molar-refractivity contribution in [1.82, 2.24) is 0 Å². The van der Waals surface area contributed by atoms with Crippen LogP contribution < -0.4 is 9.47 Å². The molecule has 2 aromatic rings. The van der Waals surface area contributed by atoms with E-state index in [9.17, 15) is 9.59 Å². The molecule has 0 spiro atoms. The van der Waals surface area contributed by atoms with Gasteiger partial charge in [-0.25, -0.2) is 9.59 Å². The third-order valence-electron chi connectivity index (χ3n) is 3.56. The first kappa shape index (κ1) is 15.6. The molecule has 0 radical (unpaired) electrons. The molecule has 3 rings (SSSR count). The summed E-state index contributed by atoms with van der Waals surface area (Å²) in [4.78, 5) is 22.7. The standard InChI is InChI=1S/C19H14O5/c1-23-14-6-2-12(3-7-14)11-16-15-10-13(5-9-18(20)21)4-8-17(15)24-19(16)22/h2-11H,1H3,(H,20,21). The van der Waals surface area contributed by atoms with E-state index in [1.54, 1.807) is 43.5 Å². The number of carboxylic acid groups (broad SMARTS) is 1. The zero-order chi connectivity index (χ0) is 17.1. The molecule has 0 bridgehead atoms. The molecule has 1 N–H and O–H groups in total. The Bertz CT molecular complexity index is 860. The van der Waals surface area contributed by atoms with Crippen molar-refractivity contribution < 1.29 is 24.2 Å². The molecule has 1 heterocycles. The predicted octanol–water partition coefficient (Wildman–Crippen LogP) is 3.25. The van der Waals surface area contributed by atoms with Crippen molar-refractivity contribution in [2.75, 3.05) is 7.11 Å². The molecule has 5 heteroatoms. The van der Waals surface area contributed by atoms with Crippen molar-refractivity contribution in [2.24, 2.45) is 0 Å². The largest absolute Gasteiger partial charge is 0.497 e. The number of carbonyl (C=O) groups excluding carboxylic acids is 1. The lowest BCUT2D eigenvalue weighted by Gasteiger charge is -2.01. The maximum absolute atomic E-state index is 12.1. The second kappa shape index (κ2) is 6.42. The number of aliphatic carboxylic acids is 1. The molecule has 0 saturated carbocycles. The number of hydrogen-bond acceptors (Lipinski definition) is 4. The third-order valence-corrected chi connectivity index (χ3v) is 3.56. The van der Waals surface area contributed by atoms with Crippen molar-refractivity contribution in [2.45, 2.75) is 0 Å². The second-order valence-corrected chi connectivity index (χ2v) is 5.15. The van der Waals surface area contributed by atoms with Gasteiger partial charge in [0.1, 0.15) is 11.5 Å². The maximum atomic E-state index is 12.1. The van der Waals surface area contributed by atoms with Crippen LogP contribution in [0.1, 0.15) is 16.7 Å². The number of rotatable bonds is 4. The molecular formula is C19H14O5. The Hall–Kier alpha value is -3.34. The fourth-order valence-corrected chi connectivity index (χ4v) is 2.39. The fraction of sp³-hybridized carbons (Fsp3) is 0.0526. The van der Waals surface area contributed by atoms with E-state index in [-0.39, 0.29) is 0 Å². The van der Waals surface area contributed by atoms with Gasteiger partial charge in [-0.3, -0.25) is 0 Å². The van der Waals surface area contributed by atoms with Crippen molar-refractivity contribution in [3.05, 3.63) is 65.2 Å². The lowest BCUT2D eigenvalue weighted by molar-refractivity contribution is -0.131. The van der Waals surface area contributed by atoms with E-state index in [4.69, 9.17) is 14.6 Å². The summed E-state index contributed by atoms with van der Waals surface area (Å²) in [5, 5.41) is 8.71. The summed E-state index contributed by atoms with van der Waals surface area (Å²) in [5.74, 6) is -0.267. The summed E-state index contributed by atoms with van der Waals surface area (Å²) in [7, 11) is 1.59. The maximum Gasteiger partial charge on any atom is 0.344 e. The summed E-state index contributed by atoms with van der Waals surface area (Å²) in [6.07, 6.45) is 4.25. The Kier molecular flexibility index (Phi) is 4.16. The van der Waals surface area contributed by atoms with Gasteiger partial charge in [-0.05, 0) is 47.5 Å². The van der Waals surface area contributed by atoms with Crippen molar-refractivity contribution >= 4 is 29.7 Å². The summed E-state index contributed by atoms with van der Waals surface area (Å²) in [6.45, 7) is 0. The second-order valence-electron chi connectivity index (χ2n) is 5.15. The van der Waals surface area contributed by atoms with E-state index in [1.807, 2.05) is 12.1 Å². The molecule has 0 aromatic heterocycles. The molecule has 0 atom stereocenters. The monoisotopic (exact) mass is 322 g/mol. The lowest BCUT2D eigenvalue weighted by atomic mass is 10.0. The molecule has 0 aliphatic carbocycles. The van der Waals surface area contributed by atoms with Crippen LogP contribution in [0.15, 0.2) is 48.5 Å². The van der Waals surface area contributed by atoms with E-state index in [2.05, 4.69) is 0 Å². The number of methoxy groups -OCH3 is 1. The van der Waals surface area contributed by atoms with Crippen LogP contribution in [0.2, 0.25) is 0 Å². The summed E-state index contributed by atoms with van der Waals surface area (Å²) >= 11 is 0. The van der Waals surface area contributed by atoms with Crippen LogP contribution in [-0.2, 0) is 9.59 Å². The van der Waals surface area contributed by atoms with E-state index >= 15 is 0 Å². The summed E-state index contributed by atoms with van der Waals surface area (Å²) < 4.78 is 10.4. The predicted molar refractivity (Wildman–Crippen MR) is 89.6 cm³/mol. The van der Waals surface area contributed by atoms with E-state index < -0.39 is 11.9 Å². The lowest BCUT2D eigenvalue weighted by Crippen LogP contribution is -2.00. The molecule has 120 valence electrons. The minimum Gasteiger partial charge on any atom is -0.497 e. The topological polar surface area (TPSA) is 72.8 Å². The molecule has 0 unspecified atom stereocenters. The Morgan fingerprint density at radius 3 is 2.50 bits per heavy atom. The van der Waals surface area contributed by atoms with E-state index in [1.165, 1.54) is 6.08 Å². The number of esters is 1. The highest BCUT2D eigenvalue weighted by Crippen LogP contribution is 2.36. The molecule has 1 aliphatic heterocycles. The summed E-state index contributed by atoms with van der Waals surface area (Å²) in [5.41, 5.74) is 2.58. The minimum atomic E-state index is -1.03. The van der Waals surface area contributed by atoms with Crippen LogP contribution in [-0.4, -0.2) is 24.2 Å². The van der Waals surface area contributed by atoms with Gasteiger partial charge in [-0.15, -0.1) is 0 Å². The van der Waals surface area contributed by atoms with Crippen LogP contribution >= 0.6 is 0 Å². The molecule has 5 nitrogen and oxygen atoms in total. The Morgan fingerprint density at radius 2 is 1.83 bits per heavy atom. The summed E-state index contributed by atoms with van der Waals surface area (Å²) in [6, 6.07) is 12.4. The van der Waals surface area contributed by atoms with Gasteiger partial charge >= 0.3 is 11.9 Å². The number of fused-ring (bicyclic) bond motifs is 1. The Morgan fingerprint density at radius 1 is 1.12 bits per heavy atom. The highest BCUT2D eigenvalue weighted by Gasteiger charge is 2.26. The average molecular weight is 322 g/mol. The number of ether oxygens (including phenoxy) is 2. The molecule has 0 fully saturated rings. The third kappa shape index (κ3) is 3.20. The van der Waals surface area contributed by atoms with Gasteiger partial charge in [0.25, 0.3) is 0 Å². The molecule has 1 aliphatic rings. The molecule has 2 aromatic carbocycles. The van der Waals surface area contributed by atoms with E-state index in [0.29, 0.717) is 22.4 Å². The normalized spacial score (nSPS) is 14.7. The van der Waals surface area contributed by atoms with Crippen LogP contribution in [0.4, 0.5) is 0 Å². The Balaban J connectivity index is 1.98. The average Bonchev–Trinajstić information content (AvgIpc) is 2.89. The zero-order valence-electron chi connectivity index (χ0n) is 12.9. The van der Waals surface area contributed by atoms with Crippen molar-refractivity contribution in [1.29, 1.82) is 0 Å². The molecule has 24 heavy (non-hydrogen) atoms. The van der Waals surface area contributed by atoms with Gasteiger partial charge in [0, 0.05) is 11.6 Å². The van der Waals surface area contributed by atoms with Gasteiger partial charge in [0.2, 0.25) is 0 Å². The van der Waals surface area contributed by atoms with Gasteiger partial charge in [0.05, 0.1) is 12.7 Å². The van der Waals surface area contributed by atoms with Gasteiger partial charge < -0.3 is 14.6 Å². The minimum absolute atomic E-state index is 0.430. The number of carbonyl (C=O) groups is 2. The molecular weight excluding hydrogens is 308 g/mol. The Labute approximate surface area is 138 Å². The van der Waals surface area contributed by atoms with Gasteiger partial charge in [-0.1, -0.05) is 18.2 Å². The van der Waals surface area contributed by atoms with Crippen molar-refractivity contribution in [3.63, 3.8) is 0 Å². The van der Waals surface area contributed by atoms with Crippen molar-refractivity contribution in [3.8, 4) is 11.5 Å². The SMILES string of the molecule is COc1ccc(C=C2C(=O)Oc3ccc(C=CC(=O)O)cc32)cc1. The van der Waals surface area contributed by atoms with E-state index in [0.717, 1.165) is 17.4 Å². The molecule has 0 saturated heterocycles. The first-order chi connectivity index (χ1) is 11.6. The number of benzene rings is 2. The fourth-order valence-electron chi connectivity index (χ4n) is 2.39. The zero-order valence-corrected chi connectivity index (χ0v) is 12.9. The van der Waals surface area contributed by atoms with Crippen LogP contribution in [0.5, 0.6) is 11.5 Å². The van der Waals surface area contributed by atoms with Crippen LogP contribution in [0.25, 0.3) is 17.7 Å². The number of carboxylic acids is 1. The smallest absolute Gasteiger partial charge is 0.344 e. The quantitative estimate of drug-likeness (QED) is 0.531. The first-order valence-electron chi connectivity index (χ1n) is 7.20. The molecule has 0 amide bonds. The highest BCUT2D eigenvalue weighted by molar-refractivity contribution is 6.26. The van der Waals surface area contributed by atoms with Gasteiger partial charge in [-0.2, -0.15) is 0 Å². The number of hydrogen-bond donors (Lipinski definition) is 1.